The van der Waals surface area contributed by atoms with Crippen LogP contribution in [0.1, 0.15) is 43.6 Å². The van der Waals surface area contributed by atoms with Crippen LogP contribution in [0.3, 0.4) is 0 Å². The van der Waals surface area contributed by atoms with Crippen LogP contribution in [-0.4, -0.2) is 49.0 Å². The first-order valence-corrected chi connectivity index (χ1v) is 9.79. The highest BCUT2D eigenvalue weighted by molar-refractivity contribution is 5.91. The van der Waals surface area contributed by atoms with Crippen molar-refractivity contribution >= 4 is 5.91 Å². The van der Waals surface area contributed by atoms with E-state index in [2.05, 4.69) is 32.6 Å². The summed E-state index contributed by atoms with van der Waals surface area (Å²) in [6.45, 7) is 3.37. The van der Waals surface area contributed by atoms with Crippen molar-refractivity contribution in [2.45, 2.75) is 44.1 Å². The molecule has 1 aliphatic carbocycles. The highest BCUT2D eigenvalue weighted by Crippen LogP contribution is 2.50. The van der Waals surface area contributed by atoms with Crippen molar-refractivity contribution in [2.24, 2.45) is 0 Å². The lowest BCUT2D eigenvalue weighted by Gasteiger charge is -2.23. The van der Waals surface area contributed by atoms with E-state index in [-0.39, 0.29) is 17.4 Å². The lowest BCUT2D eigenvalue weighted by atomic mass is 9.94. The molecule has 0 radical (unpaired) electrons. The fourth-order valence-corrected chi connectivity index (χ4v) is 4.01. The fraction of sp³-hybridized carbons (Fsp3) is 0.450. The first-order valence-electron chi connectivity index (χ1n) is 9.79. The minimum atomic E-state index is -0.315. The second-order valence-electron chi connectivity index (χ2n) is 7.59. The number of rotatable bonds is 5. The van der Waals surface area contributed by atoms with E-state index in [1.165, 1.54) is 0 Å². The number of benzene rings is 1. The molecular formula is C20H22N6O2. The predicted molar refractivity (Wildman–Crippen MR) is 100 cm³/mol. The van der Waals surface area contributed by atoms with Gasteiger partial charge >= 0.3 is 0 Å². The smallest absolute Gasteiger partial charge is 0.280 e. The van der Waals surface area contributed by atoms with Gasteiger partial charge in [0.05, 0.1) is 17.7 Å². The van der Waals surface area contributed by atoms with Gasteiger partial charge in [0.1, 0.15) is 0 Å². The summed E-state index contributed by atoms with van der Waals surface area (Å²) in [6, 6.07) is 10.3. The van der Waals surface area contributed by atoms with Crippen LogP contribution in [0.25, 0.3) is 11.6 Å². The van der Waals surface area contributed by atoms with Crippen molar-refractivity contribution in [3.63, 3.8) is 0 Å². The Hall–Kier alpha value is -3.03. The molecule has 0 bridgehead atoms. The Kier molecular flexibility index (Phi) is 3.99. The molecule has 0 unspecified atom stereocenters. The number of carbonyl (C=O) groups is 1. The van der Waals surface area contributed by atoms with Crippen molar-refractivity contribution in [1.82, 2.24) is 30.0 Å². The Morgan fingerprint density at radius 2 is 2.11 bits per heavy atom. The lowest BCUT2D eigenvalue weighted by Crippen LogP contribution is -2.38. The first kappa shape index (κ1) is 17.1. The van der Waals surface area contributed by atoms with Crippen LogP contribution in [0, 0.1) is 0 Å². The molecule has 2 aromatic heterocycles. The highest BCUT2D eigenvalue weighted by Gasteiger charge is 2.53. The molecular weight excluding hydrogens is 356 g/mol. The summed E-state index contributed by atoms with van der Waals surface area (Å²) in [4.78, 5) is 19.5. The van der Waals surface area contributed by atoms with Crippen LogP contribution in [0.15, 0.2) is 41.1 Å². The van der Waals surface area contributed by atoms with Gasteiger partial charge in [-0.25, -0.2) is 4.68 Å². The molecule has 0 spiro atoms. The summed E-state index contributed by atoms with van der Waals surface area (Å²) in [5.41, 5.74) is 1.39. The topological polar surface area (TPSA) is 89.9 Å². The summed E-state index contributed by atoms with van der Waals surface area (Å²) < 4.78 is 7.06. The Morgan fingerprint density at radius 3 is 2.82 bits per heavy atom. The molecule has 8 heteroatoms. The molecule has 3 heterocycles. The maximum Gasteiger partial charge on any atom is 0.280 e. The molecule has 28 heavy (non-hydrogen) atoms. The molecule has 1 aromatic carbocycles. The second kappa shape index (κ2) is 6.54. The van der Waals surface area contributed by atoms with Gasteiger partial charge in [-0.15, -0.1) is 5.10 Å². The average molecular weight is 378 g/mol. The van der Waals surface area contributed by atoms with E-state index >= 15 is 0 Å². The third-order valence-electron chi connectivity index (χ3n) is 5.82. The molecule has 0 N–H and O–H groups in total. The number of nitrogens with zero attached hydrogens (tertiary/aromatic N) is 6. The maximum absolute atomic E-state index is 13.2. The molecule has 2 aliphatic rings. The summed E-state index contributed by atoms with van der Waals surface area (Å²) in [5.74, 6) is 1.28. The van der Waals surface area contributed by atoms with Gasteiger partial charge in [0.2, 0.25) is 5.91 Å². The number of hydrogen-bond acceptors (Lipinski definition) is 6. The zero-order valence-electron chi connectivity index (χ0n) is 15.8. The highest BCUT2D eigenvalue weighted by atomic mass is 16.5. The largest absolute Gasteiger partial charge is 0.340 e. The molecule has 1 atom stereocenters. The zero-order chi connectivity index (χ0) is 19.1. The van der Waals surface area contributed by atoms with Gasteiger partial charge in [-0.3, -0.25) is 4.79 Å². The molecule has 2 fully saturated rings. The third-order valence-corrected chi connectivity index (χ3v) is 5.82. The average Bonchev–Trinajstić information content (AvgIpc) is 3.14. The normalized spacial score (nSPS) is 20.5. The van der Waals surface area contributed by atoms with E-state index < -0.39 is 0 Å². The minimum absolute atomic E-state index is 0.116. The zero-order valence-corrected chi connectivity index (χ0v) is 15.8. The van der Waals surface area contributed by atoms with Crippen LogP contribution >= 0.6 is 0 Å². The predicted octanol–water partition coefficient (Wildman–Crippen LogP) is 2.40. The van der Waals surface area contributed by atoms with Crippen LogP contribution in [-0.2, 0) is 16.6 Å². The Morgan fingerprint density at radius 1 is 1.29 bits per heavy atom. The first-order chi connectivity index (χ1) is 13.7. The Labute approximate surface area is 162 Å². The van der Waals surface area contributed by atoms with Crippen molar-refractivity contribution in [3.05, 3.63) is 47.9 Å². The van der Waals surface area contributed by atoms with E-state index in [1.54, 1.807) is 0 Å². The Bertz CT molecular complexity index is 991. The molecule has 1 saturated heterocycles. The summed E-state index contributed by atoms with van der Waals surface area (Å²) in [5, 5.41) is 12.3. The summed E-state index contributed by atoms with van der Waals surface area (Å²) in [6.07, 6.45) is 5.27. The van der Waals surface area contributed by atoms with Crippen LogP contribution in [0.2, 0.25) is 0 Å². The van der Waals surface area contributed by atoms with Gasteiger partial charge in [0.25, 0.3) is 5.89 Å². The summed E-state index contributed by atoms with van der Waals surface area (Å²) in [7, 11) is 0. The van der Waals surface area contributed by atoms with Crippen molar-refractivity contribution in [1.29, 1.82) is 0 Å². The molecule has 1 aliphatic heterocycles. The number of amides is 1. The Balaban J connectivity index is 1.29. The summed E-state index contributed by atoms with van der Waals surface area (Å²) >= 11 is 0. The van der Waals surface area contributed by atoms with Crippen molar-refractivity contribution in [3.8, 4) is 11.6 Å². The number of aryl methyl sites for hydroxylation is 1. The van der Waals surface area contributed by atoms with Gasteiger partial charge in [-0.1, -0.05) is 47.6 Å². The molecule has 1 amide bonds. The SMILES string of the molecule is CCc1noc(-c2cn([C@@H]3CCN(C(=O)C4(c5ccccc5)CC4)C3)nn2)n1. The molecule has 1 saturated carbocycles. The standard InChI is InChI=1S/C20H22N6O2/c1-2-17-21-18(28-23-17)16-13-26(24-22-16)15-8-11-25(12-15)19(27)20(9-10-20)14-6-4-3-5-7-14/h3-7,13,15H,2,8-12H2,1H3/t15-/m1/s1. The van der Waals surface area contributed by atoms with Gasteiger partial charge < -0.3 is 9.42 Å². The molecule has 5 rings (SSSR count). The van der Waals surface area contributed by atoms with Crippen LogP contribution in [0.5, 0.6) is 0 Å². The van der Waals surface area contributed by atoms with Crippen LogP contribution < -0.4 is 0 Å². The number of likely N-dealkylation sites (tertiary alicyclic amines) is 1. The van der Waals surface area contributed by atoms with Crippen molar-refractivity contribution in [2.75, 3.05) is 13.1 Å². The number of aromatic nitrogens is 5. The van der Waals surface area contributed by atoms with E-state index in [1.807, 2.05) is 40.9 Å². The molecule has 3 aromatic rings. The second-order valence-corrected chi connectivity index (χ2v) is 7.59. The van der Waals surface area contributed by atoms with E-state index in [0.29, 0.717) is 30.4 Å². The third kappa shape index (κ3) is 2.80. The minimum Gasteiger partial charge on any atom is -0.340 e. The lowest BCUT2D eigenvalue weighted by molar-refractivity contribution is -0.133. The van der Waals surface area contributed by atoms with E-state index in [0.717, 1.165) is 31.4 Å². The quantitative estimate of drug-likeness (QED) is 0.677. The van der Waals surface area contributed by atoms with Crippen LogP contribution in [0.4, 0.5) is 0 Å². The van der Waals surface area contributed by atoms with Gasteiger partial charge in [-0.2, -0.15) is 4.98 Å². The van der Waals surface area contributed by atoms with Crippen molar-refractivity contribution < 1.29 is 9.32 Å². The van der Waals surface area contributed by atoms with E-state index in [4.69, 9.17) is 4.52 Å². The fourth-order valence-electron chi connectivity index (χ4n) is 4.01. The van der Waals surface area contributed by atoms with E-state index in [9.17, 15) is 4.79 Å². The number of hydrogen-bond donors (Lipinski definition) is 0. The van der Waals surface area contributed by atoms with Gasteiger partial charge in [-0.05, 0) is 24.8 Å². The maximum atomic E-state index is 13.2. The molecule has 144 valence electrons. The van der Waals surface area contributed by atoms with Gasteiger partial charge in [0.15, 0.2) is 11.5 Å². The number of carbonyl (C=O) groups excluding carboxylic acids is 1. The van der Waals surface area contributed by atoms with Gasteiger partial charge in [0, 0.05) is 19.5 Å². The monoisotopic (exact) mass is 378 g/mol. The molecule has 8 nitrogen and oxygen atoms in total.